The molecule has 1 aromatic carbocycles. The van der Waals surface area contributed by atoms with Crippen molar-refractivity contribution in [2.45, 2.75) is 13.5 Å². The molecule has 0 aliphatic carbocycles. The maximum Gasteiger partial charge on any atom is 0.297 e. The highest BCUT2D eigenvalue weighted by molar-refractivity contribution is 7.13. The molecule has 5 aromatic rings. The fourth-order valence-corrected chi connectivity index (χ4v) is 3.62. The van der Waals surface area contributed by atoms with Gasteiger partial charge in [0.05, 0.1) is 17.7 Å². The first-order chi connectivity index (χ1) is 12.7. The zero-order valence-electron chi connectivity index (χ0n) is 13.8. The molecule has 0 amide bonds. The summed E-state index contributed by atoms with van der Waals surface area (Å²) in [5.74, 6) is 1.25. The van der Waals surface area contributed by atoms with Crippen LogP contribution in [-0.2, 0) is 6.54 Å². The molecule has 0 saturated carbocycles. The molecule has 128 valence electrons. The number of aryl methyl sites for hydroxylation is 1. The highest BCUT2D eigenvalue weighted by Crippen LogP contribution is 2.27. The number of nitrogens with zero attached hydrogens (tertiary/aromatic N) is 3. The van der Waals surface area contributed by atoms with Crippen LogP contribution in [-0.4, -0.2) is 14.5 Å². The van der Waals surface area contributed by atoms with Crippen molar-refractivity contribution in [1.82, 2.24) is 14.5 Å². The third kappa shape index (κ3) is 2.28. The average molecular weight is 363 g/mol. The van der Waals surface area contributed by atoms with Gasteiger partial charge < -0.3 is 8.83 Å². The summed E-state index contributed by atoms with van der Waals surface area (Å²) < 4.78 is 13.0. The fraction of sp³-hybridized carbons (Fsp3) is 0.105. The smallest absolute Gasteiger partial charge is 0.297 e. The lowest BCUT2D eigenvalue weighted by molar-refractivity contribution is 0.538. The number of hydrogen-bond acceptors (Lipinski definition) is 6. The molecule has 7 heteroatoms. The molecule has 4 aromatic heterocycles. The summed E-state index contributed by atoms with van der Waals surface area (Å²) in [6.45, 7) is 2.12. The van der Waals surface area contributed by atoms with E-state index in [-0.39, 0.29) is 17.7 Å². The molecule has 6 nitrogen and oxygen atoms in total. The Hall–Kier alpha value is -3.19. The van der Waals surface area contributed by atoms with Gasteiger partial charge in [-0.3, -0.25) is 9.36 Å². The van der Waals surface area contributed by atoms with Crippen molar-refractivity contribution >= 4 is 33.4 Å². The van der Waals surface area contributed by atoms with Gasteiger partial charge in [0.1, 0.15) is 22.6 Å². The highest BCUT2D eigenvalue weighted by Gasteiger charge is 2.16. The first-order valence-electron chi connectivity index (χ1n) is 8.07. The van der Waals surface area contributed by atoms with Gasteiger partial charge >= 0.3 is 0 Å². The van der Waals surface area contributed by atoms with Crippen molar-refractivity contribution in [3.63, 3.8) is 0 Å². The third-order valence-corrected chi connectivity index (χ3v) is 5.15. The molecule has 0 aliphatic heterocycles. The molecule has 26 heavy (non-hydrogen) atoms. The Kier molecular flexibility index (Phi) is 3.29. The molecule has 5 rings (SSSR count). The van der Waals surface area contributed by atoms with E-state index in [1.165, 1.54) is 10.9 Å². The quantitative estimate of drug-likeness (QED) is 0.480. The summed E-state index contributed by atoms with van der Waals surface area (Å²) >= 11 is 1.56. The molecule has 0 aliphatic rings. The fourth-order valence-electron chi connectivity index (χ4n) is 2.97. The molecule has 0 fully saturated rings. The minimum atomic E-state index is -0.230. The Balaban J connectivity index is 1.59. The Morgan fingerprint density at radius 2 is 2.04 bits per heavy atom. The lowest BCUT2D eigenvalue weighted by Crippen LogP contribution is -2.21. The first-order valence-corrected chi connectivity index (χ1v) is 8.95. The predicted octanol–water partition coefficient (Wildman–Crippen LogP) is 4.22. The van der Waals surface area contributed by atoms with Crippen LogP contribution in [0.2, 0.25) is 0 Å². The van der Waals surface area contributed by atoms with Crippen molar-refractivity contribution in [2.75, 3.05) is 0 Å². The molecule has 0 atom stereocenters. The van der Waals surface area contributed by atoms with Gasteiger partial charge in [-0.1, -0.05) is 18.2 Å². The number of furan rings is 1. The van der Waals surface area contributed by atoms with Gasteiger partial charge in [-0.05, 0) is 30.5 Å². The second-order valence-electron chi connectivity index (χ2n) is 5.95. The second-order valence-corrected chi connectivity index (χ2v) is 6.90. The van der Waals surface area contributed by atoms with Crippen LogP contribution in [0.5, 0.6) is 0 Å². The maximum atomic E-state index is 12.8. The second kappa shape index (κ2) is 5.67. The van der Waals surface area contributed by atoms with E-state index in [0.717, 1.165) is 10.3 Å². The Morgan fingerprint density at radius 1 is 1.15 bits per heavy atom. The number of para-hydroxylation sites is 1. The number of thiophene rings is 1. The number of rotatable bonds is 3. The van der Waals surface area contributed by atoms with Crippen molar-refractivity contribution < 1.29 is 8.83 Å². The van der Waals surface area contributed by atoms with Crippen LogP contribution in [0.15, 0.2) is 61.7 Å². The van der Waals surface area contributed by atoms with E-state index in [4.69, 9.17) is 8.83 Å². The molecule has 0 bridgehead atoms. The molecule has 0 radical (unpaired) electrons. The van der Waals surface area contributed by atoms with Gasteiger partial charge in [0.25, 0.3) is 5.56 Å². The molecule has 0 N–H and O–H groups in total. The summed E-state index contributed by atoms with van der Waals surface area (Å²) in [7, 11) is 0. The summed E-state index contributed by atoms with van der Waals surface area (Å²) in [5.41, 5.74) is 1.97. The maximum absolute atomic E-state index is 12.8. The van der Waals surface area contributed by atoms with E-state index in [0.29, 0.717) is 28.4 Å². The summed E-state index contributed by atoms with van der Waals surface area (Å²) in [5, 5.41) is 2.81. The topological polar surface area (TPSA) is 74.1 Å². The van der Waals surface area contributed by atoms with Crippen LogP contribution >= 0.6 is 11.3 Å². The number of hydrogen-bond donors (Lipinski definition) is 0. The lowest BCUT2D eigenvalue weighted by atomic mass is 10.2. The zero-order chi connectivity index (χ0) is 17.7. The predicted molar refractivity (Wildman–Crippen MR) is 99.4 cm³/mol. The minimum Gasteiger partial charge on any atom is -0.448 e. The number of benzene rings is 1. The highest BCUT2D eigenvalue weighted by atomic mass is 32.1. The minimum absolute atomic E-state index is 0.230. The van der Waals surface area contributed by atoms with Crippen LogP contribution < -0.4 is 5.56 Å². The Morgan fingerprint density at radius 3 is 2.88 bits per heavy atom. The van der Waals surface area contributed by atoms with E-state index < -0.39 is 0 Å². The molecule has 0 spiro atoms. The summed E-state index contributed by atoms with van der Waals surface area (Å²) in [4.78, 5) is 22.7. The van der Waals surface area contributed by atoms with E-state index in [9.17, 15) is 4.79 Å². The van der Waals surface area contributed by atoms with Crippen LogP contribution in [0.4, 0.5) is 0 Å². The zero-order valence-corrected chi connectivity index (χ0v) is 14.6. The van der Waals surface area contributed by atoms with E-state index >= 15 is 0 Å². The molecular weight excluding hydrogens is 350 g/mol. The number of oxazole rings is 1. The summed E-state index contributed by atoms with van der Waals surface area (Å²) in [6.07, 6.45) is 1.53. The first kappa shape index (κ1) is 15.1. The van der Waals surface area contributed by atoms with Crippen molar-refractivity contribution in [3.8, 4) is 10.8 Å². The number of fused-ring (bicyclic) bond motifs is 3. The monoisotopic (exact) mass is 363 g/mol. The molecule has 0 saturated heterocycles. The van der Waals surface area contributed by atoms with E-state index in [2.05, 4.69) is 9.97 Å². The van der Waals surface area contributed by atoms with Crippen LogP contribution in [0.25, 0.3) is 32.8 Å². The van der Waals surface area contributed by atoms with Gasteiger partial charge in [-0.15, -0.1) is 11.3 Å². The van der Waals surface area contributed by atoms with Crippen molar-refractivity contribution in [3.05, 3.63) is 69.9 Å². The van der Waals surface area contributed by atoms with Gasteiger partial charge in [0.15, 0.2) is 0 Å². The standard InChI is InChI=1S/C19H13N3O3S/c1-11-13(21-18(24-11)15-7-4-8-26-15)9-22-10-20-16-12-5-2-3-6-14(12)25-17(16)19(22)23/h2-8,10H,9H2,1H3. The average Bonchev–Trinajstić information content (AvgIpc) is 3.37. The van der Waals surface area contributed by atoms with E-state index in [1.807, 2.05) is 48.7 Å². The Labute approximate surface area is 151 Å². The number of aromatic nitrogens is 3. The Bertz CT molecular complexity index is 1300. The van der Waals surface area contributed by atoms with Gasteiger partial charge in [0, 0.05) is 5.39 Å². The van der Waals surface area contributed by atoms with Gasteiger partial charge in [-0.2, -0.15) is 0 Å². The normalized spacial score (nSPS) is 11.6. The molecule has 0 unspecified atom stereocenters. The third-order valence-electron chi connectivity index (χ3n) is 4.30. The molecule has 4 heterocycles. The molecular formula is C19H13N3O3S. The summed E-state index contributed by atoms with van der Waals surface area (Å²) in [6, 6.07) is 11.4. The van der Waals surface area contributed by atoms with Gasteiger partial charge in [0.2, 0.25) is 11.5 Å². The van der Waals surface area contributed by atoms with Crippen LogP contribution in [0.3, 0.4) is 0 Å². The van der Waals surface area contributed by atoms with Crippen molar-refractivity contribution in [2.24, 2.45) is 0 Å². The van der Waals surface area contributed by atoms with Crippen molar-refractivity contribution in [1.29, 1.82) is 0 Å². The SMILES string of the molecule is Cc1oc(-c2cccs2)nc1Cn1cnc2c(oc3ccccc32)c1=O. The van der Waals surface area contributed by atoms with Gasteiger partial charge in [-0.25, -0.2) is 9.97 Å². The lowest BCUT2D eigenvalue weighted by Gasteiger charge is -2.02. The van der Waals surface area contributed by atoms with Crippen LogP contribution in [0.1, 0.15) is 11.5 Å². The largest absolute Gasteiger partial charge is 0.448 e. The van der Waals surface area contributed by atoms with Crippen LogP contribution in [0, 0.1) is 6.92 Å². The van der Waals surface area contributed by atoms with E-state index in [1.54, 1.807) is 11.3 Å².